The second kappa shape index (κ2) is 4.80. The van der Waals surface area contributed by atoms with E-state index in [4.69, 9.17) is 11.6 Å². The van der Waals surface area contributed by atoms with Crippen molar-refractivity contribution in [2.45, 2.75) is 27.2 Å². The Balaban J connectivity index is 2.52. The highest BCUT2D eigenvalue weighted by Gasteiger charge is 2.10. The number of rotatable bonds is 2. The van der Waals surface area contributed by atoms with Crippen LogP contribution in [0.3, 0.4) is 0 Å². The lowest BCUT2D eigenvalue weighted by atomic mass is 10.2. The van der Waals surface area contributed by atoms with Gasteiger partial charge in [0, 0.05) is 17.5 Å². The molecule has 2 rings (SSSR count). The summed E-state index contributed by atoms with van der Waals surface area (Å²) in [4.78, 5) is 13.1. The largest absolute Gasteiger partial charge is 0.253 e. The molecule has 88 valence electrons. The van der Waals surface area contributed by atoms with E-state index in [1.54, 1.807) is 6.20 Å². The minimum absolute atomic E-state index is 0.509. The highest BCUT2D eigenvalue weighted by atomic mass is 35.5. The molecule has 0 unspecified atom stereocenters. The van der Waals surface area contributed by atoms with Crippen molar-refractivity contribution >= 4 is 11.6 Å². The molecular formula is C13H14ClN3. The summed E-state index contributed by atoms with van der Waals surface area (Å²) in [5.74, 6) is 0.595. The van der Waals surface area contributed by atoms with Crippen LogP contribution in [0, 0.1) is 13.8 Å². The fourth-order valence-corrected chi connectivity index (χ4v) is 1.78. The van der Waals surface area contributed by atoms with Gasteiger partial charge >= 0.3 is 0 Å². The lowest BCUT2D eigenvalue weighted by Gasteiger charge is -2.07. The number of aryl methyl sites for hydroxylation is 2. The van der Waals surface area contributed by atoms with Crippen LogP contribution in [0.15, 0.2) is 18.3 Å². The lowest BCUT2D eigenvalue weighted by Crippen LogP contribution is -2.00. The van der Waals surface area contributed by atoms with E-state index in [-0.39, 0.29) is 0 Å². The second-order valence-corrected chi connectivity index (χ2v) is 4.34. The van der Waals surface area contributed by atoms with E-state index in [0.29, 0.717) is 11.0 Å². The van der Waals surface area contributed by atoms with Crippen molar-refractivity contribution in [3.8, 4) is 11.5 Å². The summed E-state index contributed by atoms with van der Waals surface area (Å²) in [5.41, 5.74) is 3.79. The molecule has 0 fully saturated rings. The molecule has 0 amide bonds. The van der Waals surface area contributed by atoms with Crippen LogP contribution < -0.4 is 0 Å². The number of pyridine rings is 1. The molecule has 0 aliphatic carbocycles. The maximum Gasteiger partial charge on any atom is 0.179 e. The molecule has 4 heteroatoms. The Morgan fingerprint density at radius 1 is 1.18 bits per heavy atom. The number of aromatic nitrogens is 3. The van der Waals surface area contributed by atoms with Gasteiger partial charge in [0.15, 0.2) is 5.82 Å². The number of halogens is 1. The van der Waals surface area contributed by atoms with Crippen LogP contribution in [0.4, 0.5) is 0 Å². The van der Waals surface area contributed by atoms with Gasteiger partial charge in [-0.05, 0) is 31.9 Å². The third-order valence-electron chi connectivity index (χ3n) is 2.66. The minimum Gasteiger partial charge on any atom is -0.253 e. The molecular weight excluding hydrogens is 234 g/mol. The molecule has 2 aromatic rings. The van der Waals surface area contributed by atoms with Crippen molar-refractivity contribution in [2.75, 3.05) is 0 Å². The van der Waals surface area contributed by atoms with E-state index >= 15 is 0 Å². The van der Waals surface area contributed by atoms with Crippen molar-refractivity contribution in [2.24, 2.45) is 0 Å². The average Bonchev–Trinajstić information content (AvgIpc) is 2.33. The van der Waals surface area contributed by atoms with Gasteiger partial charge in [-0.1, -0.05) is 24.6 Å². The van der Waals surface area contributed by atoms with Crippen LogP contribution in [0.5, 0.6) is 0 Å². The Morgan fingerprint density at radius 3 is 2.53 bits per heavy atom. The predicted octanol–water partition coefficient (Wildman–Crippen LogP) is 3.37. The Morgan fingerprint density at radius 2 is 1.94 bits per heavy atom. The summed E-state index contributed by atoms with van der Waals surface area (Å²) in [5, 5.41) is 0.509. The van der Waals surface area contributed by atoms with E-state index in [2.05, 4.69) is 21.9 Å². The molecule has 0 spiro atoms. The fraction of sp³-hybridized carbons (Fsp3) is 0.308. The summed E-state index contributed by atoms with van der Waals surface area (Å²) >= 11 is 6.10. The molecule has 0 atom stereocenters. The van der Waals surface area contributed by atoms with Gasteiger partial charge in [0.25, 0.3) is 0 Å². The third-order valence-corrected chi connectivity index (χ3v) is 3.03. The number of nitrogens with zero attached hydrogens (tertiary/aromatic N) is 3. The standard InChI is InChI=1S/C13H14ClN3/c1-4-10-9(3)12(14)17-13(16-10)11-6-5-8(2)7-15-11/h5-7H,4H2,1-3H3. The zero-order valence-corrected chi connectivity index (χ0v) is 10.9. The van der Waals surface area contributed by atoms with Crippen LogP contribution in [0.1, 0.15) is 23.7 Å². The zero-order valence-electron chi connectivity index (χ0n) is 10.2. The molecule has 0 radical (unpaired) electrons. The number of hydrogen-bond acceptors (Lipinski definition) is 3. The summed E-state index contributed by atoms with van der Waals surface area (Å²) in [7, 11) is 0. The predicted molar refractivity (Wildman–Crippen MR) is 69.1 cm³/mol. The van der Waals surface area contributed by atoms with Crippen LogP contribution in [0.2, 0.25) is 5.15 Å². The number of hydrogen-bond donors (Lipinski definition) is 0. The molecule has 0 saturated carbocycles. The molecule has 0 aliphatic heterocycles. The van der Waals surface area contributed by atoms with Gasteiger partial charge < -0.3 is 0 Å². The van der Waals surface area contributed by atoms with Crippen molar-refractivity contribution in [3.05, 3.63) is 40.3 Å². The van der Waals surface area contributed by atoms with Gasteiger partial charge in [-0.15, -0.1) is 0 Å². The van der Waals surface area contributed by atoms with Gasteiger partial charge in [-0.2, -0.15) is 0 Å². The van der Waals surface area contributed by atoms with Gasteiger partial charge in [0.2, 0.25) is 0 Å². The van der Waals surface area contributed by atoms with Crippen LogP contribution in [-0.2, 0) is 6.42 Å². The highest BCUT2D eigenvalue weighted by Crippen LogP contribution is 2.21. The van der Waals surface area contributed by atoms with E-state index in [9.17, 15) is 0 Å². The molecule has 0 aromatic carbocycles. The molecule has 0 bridgehead atoms. The quantitative estimate of drug-likeness (QED) is 0.764. The smallest absolute Gasteiger partial charge is 0.179 e. The zero-order chi connectivity index (χ0) is 12.4. The Kier molecular flexibility index (Phi) is 3.38. The SMILES string of the molecule is CCc1nc(-c2ccc(C)cn2)nc(Cl)c1C. The van der Waals surface area contributed by atoms with Crippen molar-refractivity contribution in [3.63, 3.8) is 0 Å². The third kappa shape index (κ3) is 2.44. The monoisotopic (exact) mass is 247 g/mol. The van der Waals surface area contributed by atoms with Crippen LogP contribution in [0.25, 0.3) is 11.5 Å². The molecule has 0 aliphatic rings. The second-order valence-electron chi connectivity index (χ2n) is 3.98. The van der Waals surface area contributed by atoms with Gasteiger partial charge in [-0.3, -0.25) is 4.98 Å². The summed E-state index contributed by atoms with van der Waals surface area (Å²) in [6, 6.07) is 3.90. The molecule has 3 nitrogen and oxygen atoms in total. The summed E-state index contributed by atoms with van der Waals surface area (Å²) in [6.45, 7) is 5.99. The minimum atomic E-state index is 0.509. The molecule has 0 N–H and O–H groups in total. The van der Waals surface area contributed by atoms with Gasteiger partial charge in [0.05, 0.1) is 0 Å². The Bertz CT molecular complexity index is 535. The first-order valence-corrected chi connectivity index (χ1v) is 5.95. The molecule has 2 heterocycles. The molecule has 0 saturated heterocycles. The van der Waals surface area contributed by atoms with E-state index < -0.39 is 0 Å². The summed E-state index contributed by atoms with van der Waals surface area (Å²) in [6.07, 6.45) is 2.64. The maximum atomic E-state index is 6.10. The first kappa shape index (κ1) is 12.0. The highest BCUT2D eigenvalue weighted by molar-refractivity contribution is 6.30. The van der Waals surface area contributed by atoms with E-state index in [1.165, 1.54) is 0 Å². The van der Waals surface area contributed by atoms with E-state index in [1.807, 2.05) is 26.0 Å². The molecule has 17 heavy (non-hydrogen) atoms. The fourth-order valence-electron chi connectivity index (χ4n) is 1.59. The van der Waals surface area contributed by atoms with Gasteiger partial charge in [0.1, 0.15) is 10.8 Å². The average molecular weight is 248 g/mol. The Labute approximate surface area is 106 Å². The normalized spacial score (nSPS) is 10.6. The Hall–Kier alpha value is -1.48. The first-order chi connectivity index (χ1) is 8.11. The first-order valence-electron chi connectivity index (χ1n) is 5.58. The topological polar surface area (TPSA) is 38.7 Å². The van der Waals surface area contributed by atoms with Crippen molar-refractivity contribution in [1.29, 1.82) is 0 Å². The maximum absolute atomic E-state index is 6.10. The van der Waals surface area contributed by atoms with Crippen LogP contribution in [-0.4, -0.2) is 15.0 Å². The summed E-state index contributed by atoms with van der Waals surface area (Å²) < 4.78 is 0. The lowest BCUT2D eigenvalue weighted by molar-refractivity contribution is 0.970. The van der Waals surface area contributed by atoms with E-state index in [0.717, 1.165) is 28.9 Å². The van der Waals surface area contributed by atoms with Gasteiger partial charge in [-0.25, -0.2) is 9.97 Å². The molecule has 2 aromatic heterocycles. The van der Waals surface area contributed by atoms with Crippen molar-refractivity contribution < 1.29 is 0 Å². The van der Waals surface area contributed by atoms with Crippen molar-refractivity contribution in [1.82, 2.24) is 15.0 Å². The van der Waals surface area contributed by atoms with Crippen LogP contribution >= 0.6 is 11.6 Å².